The predicted octanol–water partition coefficient (Wildman–Crippen LogP) is 1.16. The maximum Gasteiger partial charge on any atom is 0.164 e. The van der Waals surface area contributed by atoms with Crippen LogP contribution >= 0.6 is 0 Å². The van der Waals surface area contributed by atoms with Crippen LogP contribution in [0.1, 0.15) is 27.7 Å². The van der Waals surface area contributed by atoms with Crippen LogP contribution in [0.3, 0.4) is 0 Å². The lowest BCUT2D eigenvalue weighted by atomic mass is 9.78. The van der Waals surface area contributed by atoms with Crippen LogP contribution in [0.15, 0.2) is 0 Å². The molecule has 1 saturated heterocycles. The molecule has 0 aromatic carbocycles. The summed E-state index contributed by atoms with van der Waals surface area (Å²) in [5.74, 6) is 0.0321. The lowest BCUT2D eigenvalue weighted by Crippen LogP contribution is -2.70. The lowest BCUT2D eigenvalue weighted by Gasteiger charge is -2.53. The molecule has 0 saturated carbocycles. The first kappa shape index (κ1) is 9.68. The number of carbonyl (C=O) groups is 1. The highest BCUT2D eigenvalue weighted by molar-refractivity contribution is 5.87. The van der Waals surface area contributed by atoms with Crippen molar-refractivity contribution in [1.82, 2.24) is 0 Å². The Bertz CT molecular complexity index is 202. The van der Waals surface area contributed by atoms with Crippen LogP contribution < -0.4 is 0 Å². The monoisotopic (exact) mass is 172 g/mol. The standard InChI is InChI=1S/C9H16O3/c1-5-11-8(3)6-12-9(8,4)7(2)10/h5-6H2,1-4H3. The van der Waals surface area contributed by atoms with Gasteiger partial charge in [-0.25, -0.2) is 0 Å². The van der Waals surface area contributed by atoms with Gasteiger partial charge in [-0.3, -0.25) is 4.79 Å². The highest BCUT2D eigenvalue weighted by Gasteiger charge is 2.58. The average molecular weight is 172 g/mol. The Morgan fingerprint density at radius 3 is 2.42 bits per heavy atom. The highest BCUT2D eigenvalue weighted by Crippen LogP contribution is 2.40. The van der Waals surface area contributed by atoms with E-state index >= 15 is 0 Å². The number of carbonyl (C=O) groups excluding carboxylic acids is 1. The number of rotatable bonds is 3. The molecule has 3 heteroatoms. The Morgan fingerprint density at radius 1 is 1.58 bits per heavy atom. The Balaban J connectivity index is 2.75. The Hall–Kier alpha value is -0.410. The summed E-state index contributed by atoms with van der Waals surface area (Å²) in [5, 5.41) is 0. The highest BCUT2D eigenvalue weighted by atomic mass is 16.6. The van der Waals surface area contributed by atoms with E-state index in [0.717, 1.165) is 0 Å². The van der Waals surface area contributed by atoms with Gasteiger partial charge in [0.25, 0.3) is 0 Å². The van der Waals surface area contributed by atoms with Gasteiger partial charge in [0.2, 0.25) is 0 Å². The smallest absolute Gasteiger partial charge is 0.164 e. The maximum atomic E-state index is 11.2. The van der Waals surface area contributed by atoms with Crippen molar-refractivity contribution in [3.63, 3.8) is 0 Å². The first-order valence-corrected chi connectivity index (χ1v) is 4.25. The zero-order chi connectivity index (χ0) is 9.41. The second-order valence-corrected chi connectivity index (χ2v) is 3.54. The number of ether oxygens (including phenoxy) is 2. The van der Waals surface area contributed by atoms with Gasteiger partial charge >= 0.3 is 0 Å². The second-order valence-electron chi connectivity index (χ2n) is 3.54. The van der Waals surface area contributed by atoms with Gasteiger partial charge in [-0.2, -0.15) is 0 Å². The van der Waals surface area contributed by atoms with Crippen molar-refractivity contribution in [2.45, 2.75) is 38.9 Å². The summed E-state index contributed by atoms with van der Waals surface area (Å²) < 4.78 is 10.8. The van der Waals surface area contributed by atoms with Crippen molar-refractivity contribution in [2.24, 2.45) is 0 Å². The van der Waals surface area contributed by atoms with E-state index in [1.165, 1.54) is 6.92 Å². The summed E-state index contributed by atoms with van der Waals surface area (Å²) in [6, 6.07) is 0. The van der Waals surface area contributed by atoms with E-state index in [9.17, 15) is 4.79 Å². The van der Waals surface area contributed by atoms with Crippen LogP contribution in [0.2, 0.25) is 0 Å². The molecule has 0 radical (unpaired) electrons. The van der Waals surface area contributed by atoms with Crippen LogP contribution in [0.4, 0.5) is 0 Å². The minimum Gasteiger partial charge on any atom is -0.370 e. The molecule has 0 bridgehead atoms. The summed E-state index contributed by atoms with van der Waals surface area (Å²) >= 11 is 0. The van der Waals surface area contributed by atoms with E-state index in [0.29, 0.717) is 13.2 Å². The molecule has 0 amide bonds. The lowest BCUT2D eigenvalue weighted by molar-refractivity contribution is -0.289. The average Bonchev–Trinajstić information content (AvgIpc) is 2.01. The van der Waals surface area contributed by atoms with Crippen molar-refractivity contribution >= 4 is 5.78 Å². The summed E-state index contributed by atoms with van der Waals surface area (Å²) in [5.41, 5.74) is -1.16. The van der Waals surface area contributed by atoms with Gasteiger partial charge in [0.1, 0.15) is 5.60 Å². The van der Waals surface area contributed by atoms with E-state index in [1.807, 2.05) is 13.8 Å². The quantitative estimate of drug-likeness (QED) is 0.640. The van der Waals surface area contributed by atoms with Crippen LogP contribution in [-0.4, -0.2) is 30.2 Å². The molecule has 0 aromatic heterocycles. The molecule has 70 valence electrons. The predicted molar refractivity (Wildman–Crippen MR) is 45.1 cm³/mol. The van der Waals surface area contributed by atoms with Crippen LogP contribution in [0, 0.1) is 0 Å². The number of hydrogen-bond donors (Lipinski definition) is 0. The van der Waals surface area contributed by atoms with Crippen LogP contribution in [-0.2, 0) is 14.3 Å². The fourth-order valence-corrected chi connectivity index (χ4v) is 1.46. The van der Waals surface area contributed by atoms with Gasteiger partial charge < -0.3 is 9.47 Å². The topological polar surface area (TPSA) is 35.5 Å². The zero-order valence-corrected chi connectivity index (χ0v) is 8.14. The molecule has 2 unspecified atom stereocenters. The molecule has 3 nitrogen and oxygen atoms in total. The largest absolute Gasteiger partial charge is 0.370 e. The molecule has 1 aliphatic rings. The summed E-state index contributed by atoms with van der Waals surface area (Å²) in [4.78, 5) is 11.2. The van der Waals surface area contributed by atoms with Crippen molar-refractivity contribution < 1.29 is 14.3 Å². The third kappa shape index (κ3) is 1.08. The van der Waals surface area contributed by atoms with Crippen LogP contribution in [0.5, 0.6) is 0 Å². The minimum atomic E-state index is -0.733. The molecule has 0 aromatic rings. The van der Waals surface area contributed by atoms with Gasteiger partial charge in [0.15, 0.2) is 11.4 Å². The Morgan fingerprint density at radius 2 is 2.17 bits per heavy atom. The third-order valence-electron chi connectivity index (χ3n) is 2.78. The van der Waals surface area contributed by atoms with Crippen molar-refractivity contribution in [2.75, 3.05) is 13.2 Å². The maximum absolute atomic E-state index is 11.2. The molecule has 1 aliphatic heterocycles. The fraction of sp³-hybridized carbons (Fsp3) is 0.889. The molecular weight excluding hydrogens is 156 g/mol. The van der Waals surface area contributed by atoms with Gasteiger partial charge in [-0.1, -0.05) is 0 Å². The van der Waals surface area contributed by atoms with Crippen molar-refractivity contribution in [1.29, 1.82) is 0 Å². The molecule has 0 spiro atoms. The SMILES string of the molecule is CCOC1(C)COC1(C)C(C)=O. The summed E-state index contributed by atoms with van der Waals surface area (Å²) in [7, 11) is 0. The Labute approximate surface area is 73.0 Å². The molecule has 0 N–H and O–H groups in total. The fourth-order valence-electron chi connectivity index (χ4n) is 1.46. The van der Waals surface area contributed by atoms with E-state index in [2.05, 4.69) is 0 Å². The molecule has 1 fully saturated rings. The molecule has 12 heavy (non-hydrogen) atoms. The summed E-state index contributed by atoms with van der Waals surface area (Å²) in [6.45, 7) is 8.29. The molecule has 0 aliphatic carbocycles. The molecule has 1 rings (SSSR count). The summed E-state index contributed by atoms with van der Waals surface area (Å²) in [6.07, 6.45) is 0. The molecule has 2 atom stereocenters. The first-order chi connectivity index (χ1) is 5.46. The number of Topliss-reactive ketones (excluding diaryl/α,β-unsaturated/α-hetero) is 1. The second kappa shape index (κ2) is 2.82. The normalized spacial score (nSPS) is 40.7. The van der Waals surface area contributed by atoms with E-state index in [-0.39, 0.29) is 5.78 Å². The van der Waals surface area contributed by atoms with Crippen LogP contribution in [0.25, 0.3) is 0 Å². The Kier molecular flexibility index (Phi) is 2.27. The molecular formula is C9H16O3. The van der Waals surface area contributed by atoms with E-state index < -0.39 is 11.2 Å². The zero-order valence-electron chi connectivity index (χ0n) is 8.14. The number of hydrogen-bond acceptors (Lipinski definition) is 3. The van der Waals surface area contributed by atoms with E-state index in [4.69, 9.17) is 9.47 Å². The van der Waals surface area contributed by atoms with Gasteiger partial charge in [0.05, 0.1) is 6.61 Å². The van der Waals surface area contributed by atoms with Gasteiger partial charge in [-0.05, 0) is 27.7 Å². The minimum absolute atomic E-state index is 0.0321. The van der Waals surface area contributed by atoms with Crippen molar-refractivity contribution in [3.05, 3.63) is 0 Å². The first-order valence-electron chi connectivity index (χ1n) is 4.25. The van der Waals surface area contributed by atoms with Gasteiger partial charge in [0, 0.05) is 6.61 Å². The van der Waals surface area contributed by atoms with E-state index in [1.54, 1.807) is 6.92 Å². The van der Waals surface area contributed by atoms with Gasteiger partial charge in [-0.15, -0.1) is 0 Å². The number of ketones is 1. The molecule has 1 heterocycles. The third-order valence-corrected chi connectivity index (χ3v) is 2.78. The van der Waals surface area contributed by atoms with Crippen molar-refractivity contribution in [3.8, 4) is 0 Å².